The number of nitrogens with zero attached hydrogens (tertiary/aromatic N) is 3. The minimum atomic E-state index is 0.0774. The molecule has 1 aromatic heterocycles. The van der Waals surface area contributed by atoms with Crippen LogP contribution < -0.4 is 5.32 Å². The molecule has 2 heterocycles. The van der Waals surface area contributed by atoms with Gasteiger partial charge in [0.1, 0.15) is 0 Å². The van der Waals surface area contributed by atoms with Gasteiger partial charge in [-0.15, -0.1) is 0 Å². The van der Waals surface area contributed by atoms with Gasteiger partial charge in [0.25, 0.3) is 5.91 Å². The third-order valence-electron chi connectivity index (χ3n) is 3.88. The van der Waals surface area contributed by atoms with Crippen molar-refractivity contribution < 1.29 is 4.79 Å². The van der Waals surface area contributed by atoms with Crippen molar-refractivity contribution >= 4 is 5.91 Å². The largest absolute Gasteiger partial charge is 0.339 e. The molecule has 0 bridgehead atoms. The molecule has 1 N–H and O–H groups in total. The first kappa shape index (κ1) is 14.9. The highest BCUT2D eigenvalue weighted by molar-refractivity contribution is 5.95. The number of hydrogen-bond donors (Lipinski definition) is 1. The molecule has 110 valence electrons. The van der Waals surface area contributed by atoms with Gasteiger partial charge in [-0.2, -0.15) is 10.2 Å². The zero-order valence-corrected chi connectivity index (χ0v) is 12.6. The van der Waals surface area contributed by atoms with Gasteiger partial charge in [0.2, 0.25) is 0 Å². The van der Waals surface area contributed by atoms with E-state index < -0.39 is 0 Å². The predicted octanol–water partition coefficient (Wildman–Crippen LogP) is 1.56. The van der Waals surface area contributed by atoms with Gasteiger partial charge in [0.05, 0.1) is 17.0 Å². The van der Waals surface area contributed by atoms with Gasteiger partial charge in [-0.1, -0.05) is 0 Å². The summed E-state index contributed by atoms with van der Waals surface area (Å²) in [4.78, 5) is 14.6. The van der Waals surface area contributed by atoms with E-state index in [0.29, 0.717) is 17.2 Å². The maximum Gasteiger partial charge on any atom is 0.255 e. The number of nitrogens with one attached hydrogen (secondary N) is 1. The highest BCUT2D eigenvalue weighted by Gasteiger charge is 2.22. The van der Waals surface area contributed by atoms with Crippen LogP contribution in [0.3, 0.4) is 0 Å². The number of carbonyl (C=O) groups is 1. The molecule has 2 rings (SSSR count). The molecule has 1 unspecified atom stereocenters. The molecular weight excluding hydrogens is 252 g/mol. The van der Waals surface area contributed by atoms with Gasteiger partial charge in [-0.25, -0.2) is 0 Å². The fraction of sp³-hybridized carbons (Fsp3) is 0.667. The van der Waals surface area contributed by atoms with Gasteiger partial charge in [0.15, 0.2) is 0 Å². The van der Waals surface area contributed by atoms with Crippen molar-refractivity contribution in [3.8, 4) is 0 Å². The molecule has 1 aromatic rings. The van der Waals surface area contributed by atoms with E-state index in [4.69, 9.17) is 0 Å². The SMILES string of the molecule is CCN(CC1CCCNC1)C(=O)c1cc(C)nnc1C. The first-order chi connectivity index (χ1) is 9.61. The van der Waals surface area contributed by atoms with Crippen molar-refractivity contribution in [1.29, 1.82) is 0 Å². The summed E-state index contributed by atoms with van der Waals surface area (Å²) in [5, 5.41) is 11.4. The highest BCUT2D eigenvalue weighted by Crippen LogP contribution is 2.15. The van der Waals surface area contributed by atoms with Gasteiger partial charge >= 0.3 is 0 Å². The Hall–Kier alpha value is -1.49. The monoisotopic (exact) mass is 276 g/mol. The Balaban J connectivity index is 2.09. The van der Waals surface area contributed by atoms with Gasteiger partial charge in [0, 0.05) is 13.1 Å². The highest BCUT2D eigenvalue weighted by atomic mass is 16.2. The summed E-state index contributed by atoms with van der Waals surface area (Å²) in [6, 6.07) is 1.84. The van der Waals surface area contributed by atoms with Crippen molar-refractivity contribution in [2.75, 3.05) is 26.2 Å². The third kappa shape index (κ3) is 3.54. The van der Waals surface area contributed by atoms with Crippen LogP contribution in [0.25, 0.3) is 0 Å². The third-order valence-corrected chi connectivity index (χ3v) is 3.88. The molecule has 1 aliphatic rings. The second-order valence-corrected chi connectivity index (χ2v) is 5.54. The Morgan fingerprint density at radius 3 is 2.90 bits per heavy atom. The molecule has 0 aliphatic carbocycles. The smallest absolute Gasteiger partial charge is 0.255 e. The number of amides is 1. The molecule has 1 fully saturated rings. The van der Waals surface area contributed by atoms with E-state index in [2.05, 4.69) is 15.5 Å². The topological polar surface area (TPSA) is 58.1 Å². The molecule has 1 aliphatic heterocycles. The molecule has 1 amide bonds. The first-order valence-corrected chi connectivity index (χ1v) is 7.42. The molecule has 0 saturated carbocycles. The van der Waals surface area contributed by atoms with Gasteiger partial charge < -0.3 is 10.2 Å². The number of carbonyl (C=O) groups excluding carboxylic acids is 1. The number of aromatic nitrogens is 2. The zero-order chi connectivity index (χ0) is 14.5. The van der Waals surface area contributed by atoms with Crippen molar-refractivity contribution in [3.05, 3.63) is 23.0 Å². The van der Waals surface area contributed by atoms with Crippen LogP contribution in [-0.4, -0.2) is 47.2 Å². The number of rotatable bonds is 4. The normalized spacial score (nSPS) is 18.9. The van der Waals surface area contributed by atoms with Crippen LogP contribution in [0.15, 0.2) is 6.07 Å². The van der Waals surface area contributed by atoms with E-state index >= 15 is 0 Å². The number of aryl methyl sites for hydroxylation is 2. The maximum absolute atomic E-state index is 12.7. The van der Waals surface area contributed by atoms with Crippen LogP contribution >= 0.6 is 0 Å². The lowest BCUT2D eigenvalue weighted by atomic mass is 9.98. The Labute approximate surface area is 120 Å². The Morgan fingerprint density at radius 2 is 2.25 bits per heavy atom. The van der Waals surface area contributed by atoms with E-state index in [1.165, 1.54) is 12.8 Å². The molecule has 1 atom stereocenters. The van der Waals surface area contributed by atoms with Crippen LogP contribution in [0.5, 0.6) is 0 Å². The number of hydrogen-bond acceptors (Lipinski definition) is 4. The summed E-state index contributed by atoms with van der Waals surface area (Å²) in [7, 11) is 0. The van der Waals surface area contributed by atoms with Gasteiger partial charge in [-0.3, -0.25) is 4.79 Å². The Kier molecular flexibility index (Phi) is 5.06. The second-order valence-electron chi connectivity index (χ2n) is 5.54. The van der Waals surface area contributed by atoms with E-state index in [1.807, 2.05) is 31.7 Å². The lowest BCUT2D eigenvalue weighted by Gasteiger charge is -2.29. The van der Waals surface area contributed by atoms with Crippen LogP contribution in [0.4, 0.5) is 0 Å². The van der Waals surface area contributed by atoms with Crippen molar-refractivity contribution in [3.63, 3.8) is 0 Å². The fourth-order valence-corrected chi connectivity index (χ4v) is 2.68. The summed E-state index contributed by atoms with van der Waals surface area (Å²) in [6.07, 6.45) is 2.40. The molecule has 0 radical (unpaired) electrons. The van der Waals surface area contributed by atoms with E-state index in [1.54, 1.807) is 0 Å². The van der Waals surface area contributed by atoms with Crippen LogP contribution in [0.1, 0.15) is 41.5 Å². The molecule has 5 nitrogen and oxygen atoms in total. The summed E-state index contributed by atoms with van der Waals surface area (Å²) in [6.45, 7) is 9.41. The average molecular weight is 276 g/mol. The van der Waals surface area contributed by atoms with Gasteiger partial charge in [-0.05, 0) is 58.7 Å². The van der Waals surface area contributed by atoms with Crippen molar-refractivity contribution in [2.24, 2.45) is 5.92 Å². The van der Waals surface area contributed by atoms with Crippen LogP contribution in [-0.2, 0) is 0 Å². The zero-order valence-electron chi connectivity index (χ0n) is 12.6. The quantitative estimate of drug-likeness (QED) is 0.906. The summed E-state index contributed by atoms with van der Waals surface area (Å²) >= 11 is 0. The first-order valence-electron chi connectivity index (χ1n) is 7.42. The Bertz CT molecular complexity index is 469. The molecular formula is C15H24N4O. The molecule has 20 heavy (non-hydrogen) atoms. The van der Waals surface area contributed by atoms with E-state index in [9.17, 15) is 4.79 Å². The lowest BCUT2D eigenvalue weighted by Crippen LogP contribution is -2.41. The maximum atomic E-state index is 12.7. The van der Waals surface area contributed by atoms with E-state index in [0.717, 1.165) is 31.9 Å². The summed E-state index contributed by atoms with van der Waals surface area (Å²) in [5.41, 5.74) is 2.18. The minimum absolute atomic E-state index is 0.0774. The number of piperidine rings is 1. The Morgan fingerprint density at radius 1 is 1.45 bits per heavy atom. The fourth-order valence-electron chi connectivity index (χ4n) is 2.68. The predicted molar refractivity (Wildman–Crippen MR) is 78.7 cm³/mol. The van der Waals surface area contributed by atoms with Crippen LogP contribution in [0, 0.1) is 19.8 Å². The molecule has 1 saturated heterocycles. The second kappa shape index (κ2) is 6.79. The average Bonchev–Trinajstić information content (AvgIpc) is 2.47. The minimum Gasteiger partial charge on any atom is -0.339 e. The molecule has 0 aromatic carbocycles. The summed E-state index contributed by atoms with van der Waals surface area (Å²) < 4.78 is 0. The lowest BCUT2D eigenvalue weighted by molar-refractivity contribution is 0.0727. The molecule has 0 spiro atoms. The standard InChI is InChI=1S/C15H24N4O/c1-4-19(10-13-6-5-7-16-9-13)15(20)14-8-11(2)17-18-12(14)3/h8,13,16H,4-7,9-10H2,1-3H3. The van der Waals surface area contributed by atoms with Crippen molar-refractivity contribution in [1.82, 2.24) is 20.4 Å². The van der Waals surface area contributed by atoms with Crippen LogP contribution in [0.2, 0.25) is 0 Å². The summed E-state index contributed by atoms with van der Waals surface area (Å²) in [5.74, 6) is 0.637. The van der Waals surface area contributed by atoms with E-state index in [-0.39, 0.29) is 5.91 Å². The molecule has 5 heteroatoms. The van der Waals surface area contributed by atoms with Crippen molar-refractivity contribution in [2.45, 2.75) is 33.6 Å².